The van der Waals surface area contributed by atoms with Gasteiger partial charge in [0.25, 0.3) is 11.8 Å². The smallest absolute Gasteiger partial charge is 0.269 e. The third-order valence-electron chi connectivity index (χ3n) is 3.54. The van der Waals surface area contributed by atoms with Crippen molar-refractivity contribution in [3.8, 4) is 17.2 Å². The Morgan fingerprint density at radius 3 is 2.22 bits per heavy atom. The summed E-state index contributed by atoms with van der Waals surface area (Å²) in [5, 5.41) is 0.425. The number of amides is 2. The van der Waals surface area contributed by atoms with Gasteiger partial charge in [0.1, 0.15) is 5.75 Å². The predicted octanol–water partition coefficient (Wildman–Crippen LogP) is 2.84. The van der Waals surface area contributed by atoms with E-state index in [1.54, 1.807) is 30.3 Å². The summed E-state index contributed by atoms with van der Waals surface area (Å²) in [6.45, 7) is 0. The maximum atomic E-state index is 12.0. The quantitative estimate of drug-likeness (QED) is 0.585. The molecular formula is C19H19ClN2O5. The topological polar surface area (TPSA) is 85.9 Å². The van der Waals surface area contributed by atoms with Crippen molar-refractivity contribution in [1.82, 2.24) is 10.9 Å². The van der Waals surface area contributed by atoms with Gasteiger partial charge in [-0.1, -0.05) is 17.7 Å². The van der Waals surface area contributed by atoms with Crippen LogP contribution in [-0.2, 0) is 4.79 Å². The van der Waals surface area contributed by atoms with E-state index in [1.165, 1.54) is 39.5 Å². The predicted molar refractivity (Wildman–Crippen MR) is 102 cm³/mol. The summed E-state index contributed by atoms with van der Waals surface area (Å²) >= 11 is 5.83. The Morgan fingerprint density at radius 2 is 1.59 bits per heavy atom. The zero-order chi connectivity index (χ0) is 19.8. The molecule has 8 heteroatoms. The fraction of sp³-hybridized carbons (Fsp3) is 0.158. The number of hydrazine groups is 1. The minimum Gasteiger partial charge on any atom is -0.496 e. The molecule has 0 aliphatic rings. The van der Waals surface area contributed by atoms with Gasteiger partial charge in [0, 0.05) is 28.3 Å². The zero-order valence-electron chi connectivity index (χ0n) is 15.0. The molecule has 27 heavy (non-hydrogen) atoms. The number of methoxy groups -OCH3 is 3. The van der Waals surface area contributed by atoms with Gasteiger partial charge in [0.05, 0.1) is 21.3 Å². The highest BCUT2D eigenvalue weighted by Gasteiger charge is 2.11. The number of hydrogen-bond donors (Lipinski definition) is 2. The van der Waals surface area contributed by atoms with Crippen LogP contribution in [0.25, 0.3) is 6.08 Å². The van der Waals surface area contributed by atoms with Gasteiger partial charge in [0.2, 0.25) is 0 Å². The van der Waals surface area contributed by atoms with Gasteiger partial charge in [-0.15, -0.1) is 0 Å². The Hall–Kier alpha value is -3.19. The Bertz CT molecular complexity index is 867. The first-order chi connectivity index (χ1) is 13.0. The summed E-state index contributed by atoms with van der Waals surface area (Å²) in [6, 6.07) is 9.69. The third-order valence-corrected chi connectivity index (χ3v) is 3.77. The van der Waals surface area contributed by atoms with Gasteiger partial charge >= 0.3 is 0 Å². The van der Waals surface area contributed by atoms with E-state index in [0.29, 0.717) is 33.4 Å². The number of nitrogens with one attached hydrogen (secondary N) is 2. The van der Waals surface area contributed by atoms with E-state index < -0.39 is 11.8 Å². The van der Waals surface area contributed by atoms with Crippen molar-refractivity contribution in [1.29, 1.82) is 0 Å². The second-order valence-corrected chi connectivity index (χ2v) is 5.67. The second kappa shape index (κ2) is 9.49. The monoisotopic (exact) mass is 390 g/mol. The van der Waals surface area contributed by atoms with Crippen LogP contribution in [0.3, 0.4) is 0 Å². The van der Waals surface area contributed by atoms with Gasteiger partial charge in [-0.3, -0.25) is 20.4 Å². The van der Waals surface area contributed by atoms with Crippen LogP contribution in [0, 0.1) is 0 Å². The number of hydrogen-bond acceptors (Lipinski definition) is 5. The van der Waals surface area contributed by atoms with Gasteiger partial charge in [-0.25, -0.2) is 0 Å². The van der Waals surface area contributed by atoms with Crippen LogP contribution in [-0.4, -0.2) is 33.1 Å². The third kappa shape index (κ3) is 5.39. The molecule has 0 aliphatic heterocycles. The van der Waals surface area contributed by atoms with Crippen LogP contribution in [0.5, 0.6) is 17.2 Å². The van der Waals surface area contributed by atoms with Gasteiger partial charge in [0.15, 0.2) is 11.5 Å². The minimum atomic E-state index is -0.526. The van der Waals surface area contributed by atoms with Crippen molar-refractivity contribution >= 4 is 29.5 Å². The zero-order valence-corrected chi connectivity index (χ0v) is 15.8. The molecule has 0 saturated heterocycles. The van der Waals surface area contributed by atoms with Crippen LogP contribution < -0.4 is 25.1 Å². The molecule has 0 spiro atoms. The first-order valence-electron chi connectivity index (χ1n) is 7.82. The van der Waals surface area contributed by atoms with Gasteiger partial charge in [-0.05, 0) is 30.3 Å². The van der Waals surface area contributed by atoms with Crippen molar-refractivity contribution in [3.05, 3.63) is 58.6 Å². The fourth-order valence-electron chi connectivity index (χ4n) is 2.21. The molecule has 0 fully saturated rings. The van der Waals surface area contributed by atoms with E-state index in [1.807, 2.05) is 0 Å². The molecule has 0 aliphatic carbocycles. The molecule has 0 unspecified atom stereocenters. The van der Waals surface area contributed by atoms with E-state index in [4.69, 9.17) is 25.8 Å². The van der Waals surface area contributed by atoms with E-state index in [9.17, 15) is 9.59 Å². The number of benzene rings is 2. The Balaban J connectivity index is 2.05. The van der Waals surface area contributed by atoms with Crippen molar-refractivity contribution < 1.29 is 23.8 Å². The van der Waals surface area contributed by atoms with Crippen molar-refractivity contribution in [3.63, 3.8) is 0 Å². The molecule has 2 rings (SSSR count). The van der Waals surface area contributed by atoms with E-state index in [2.05, 4.69) is 10.9 Å². The molecule has 0 atom stereocenters. The number of halogens is 1. The molecule has 0 saturated carbocycles. The Kier molecular flexibility index (Phi) is 7.08. The lowest BCUT2D eigenvalue weighted by atomic mass is 10.1. The maximum absolute atomic E-state index is 12.0. The molecule has 0 radical (unpaired) electrons. The van der Waals surface area contributed by atoms with Crippen molar-refractivity contribution in [2.75, 3.05) is 21.3 Å². The highest BCUT2D eigenvalue weighted by molar-refractivity contribution is 6.30. The lowest BCUT2D eigenvalue weighted by molar-refractivity contribution is -0.117. The molecular weight excluding hydrogens is 372 g/mol. The summed E-state index contributed by atoms with van der Waals surface area (Å²) in [4.78, 5) is 23.9. The largest absolute Gasteiger partial charge is 0.496 e. The second-order valence-electron chi connectivity index (χ2n) is 5.24. The number of ether oxygens (including phenoxy) is 3. The summed E-state index contributed by atoms with van der Waals surface area (Å²) in [5.74, 6) is 0.488. The highest BCUT2D eigenvalue weighted by atomic mass is 35.5. The Labute approximate surface area is 161 Å². The molecule has 0 heterocycles. The highest BCUT2D eigenvalue weighted by Crippen LogP contribution is 2.35. The average molecular weight is 391 g/mol. The van der Waals surface area contributed by atoms with Crippen LogP contribution in [0.2, 0.25) is 5.02 Å². The Morgan fingerprint density at radius 1 is 0.926 bits per heavy atom. The van der Waals surface area contributed by atoms with Gasteiger partial charge < -0.3 is 14.2 Å². The summed E-state index contributed by atoms with van der Waals surface area (Å²) in [7, 11) is 4.53. The van der Waals surface area contributed by atoms with Gasteiger partial charge in [-0.2, -0.15) is 0 Å². The maximum Gasteiger partial charge on any atom is 0.269 e. The lowest BCUT2D eigenvalue weighted by Gasteiger charge is -2.12. The lowest BCUT2D eigenvalue weighted by Crippen LogP contribution is -2.40. The molecule has 142 valence electrons. The molecule has 2 amide bonds. The van der Waals surface area contributed by atoms with E-state index in [-0.39, 0.29) is 0 Å². The summed E-state index contributed by atoms with van der Waals surface area (Å²) in [6.07, 6.45) is 2.78. The van der Waals surface area contributed by atoms with Crippen LogP contribution in [0.4, 0.5) is 0 Å². The molecule has 2 aromatic carbocycles. The standard InChI is InChI=1S/C19H19ClN2O5/c1-25-15-11-17(27-3)16(26-2)10-12(15)7-8-18(23)21-22-19(24)13-5-4-6-14(20)9-13/h4-11H,1-3H3,(H,21,23)(H,22,24)/b8-7+. The average Bonchev–Trinajstić information content (AvgIpc) is 2.69. The van der Waals surface area contributed by atoms with E-state index >= 15 is 0 Å². The molecule has 0 aromatic heterocycles. The van der Waals surface area contributed by atoms with Crippen molar-refractivity contribution in [2.45, 2.75) is 0 Å². The van der Waals surface area contributed by atoms with Crippen LogP contribution in [0.1, 0.15) is 15.9 Å². The minimum absolute atomic E-state index is 0.327. The number of carbonyl (C=O) groups is 2. The number of rotatable bonds is 6. The van der Waals surface area contributed by atoms with Crippen LogP contribution in [0.15, 0.2) is 42.5 Å². The van der Waals surface area contributed by atoms with E-state index in [0.717, 1.165) is 0 Å². The number of carbonyl (C=O) groups excluding carboxylic acids is 2. The molecule has 2 N–H and O–H groups in total. The normalized spacial score (nSPS) is 10.4. The van der Waals surface area contributed by atoms with Crippen molar-refractivity contribution in [2.24, 2.45) is 0 Å². The molecule has 7 nitrogen and oxygen atoms in total. The SMILES string of the molecule is COc1cc(OC)c(OC)cc1/C=C/C(=O)NNC(=O)c1cccc(Cl)c1. The summed E-state index contributed by atoms with van der Waals surface area (Å²) in [5.41, 5.74) is 5.53. The summed E-state index contributed by atoms with van der Waals surface area (Å²) < 4.78 is 15.7. The first kappa shape index (κ1) is 20.1. The fourth-order valence-corrected chi connectivity index (χ4v) is 2.40. The molecule has 0 bridgehead atoms. The molecule has 2 aromatic rings. The first-order valence-corrected chi connectivity index (χ1v) is 8.20. The van der Waals surface area contributed by atoms with Crippen LogP contribution >= 0.6 is 11.6 Å².